The Hall–Kier alpha value is -1.45. The first-order valence-electron chi connectivity index (χ1n) is 5.25. The number of hydrogen-bond donors (Lipinski definition) is 3. The number of rotatable bonds is 5. The first-order chi connectivity index (χ1) is 8.58. The molecule has 0 aliphatic rings. The molecule has 0 radical (unpaired) electrons. The maximum absolute atomic E-state index is 11.8. The summed E-state index contributed by atoms with van der Waals surface area (Å²) in [4.78, 5) is 14.8. The first kappa shape index (κ1) is 17.6. The maximum atomic E-state index is 11.8. The second kappa shape index (κ2) is 9.48. The van der Waals surface area contributed by atoms with Crippen LogP contribution in [-0.4, -0.2) is 31.4 Å². The van der Waals surface area contributed by atoms with Crippen LogP contribution in [0.3, 0.4) is 0 Å². The Balaban J connectivity index is 0.00000324. The number of alkyl halides is 2. The number of halogens is 3. The molecule has 4 N–H and O–H groups in total. The highest BCUT2D eigenvalue weighted by atomic mass is 127. The molecule has 0 atom stereocenters. The summed E-state index contributed by atoms with van der Waals surface area (Å²) in [6.07, 6.45) is -2.57. The van der Waals surface area contributed by atoms with Gasteiger partial charge in [0.2, 0.25) is 5.91 Å². The fourth-order valence-corrected chi connectivity index (χ4v) is 1.11. The summed E-state index contributed by atoms with van der Waals surface area (Å²) >= 11 is 0. The topological polar surface area (TPSA) is 79.5 Å². The van der Waals surface area contributed by atoms with E-state index in [9.17, 15) is 13.6 Å². The number of nitrogens with two attached hydrogens (primary N) is 1. The molecular weight excluding hydrogens is 369 g/mol. The third-order valence-electron chi connectivity index (χ3n) is 1.89. The Kier molecular flexibility index (Phi) is 8.75. The zero-order valence-corrected chi connectivity index (χ0v) is 12.3. The van der Waals surface area contributed by atoms with Crippen molar-refractivity contribution in [3.63, 3.8) is 0 Å². The number of benzene rings is 1. The van der Waals surface area contributed by atoms with Gasteiger partial charge in [-0.2, -0.15) is 0 Å². The molecule has 0 saturated heterocycles. The molecule has 0 spiro atoms. The fourth-order valence-electron chi connectivity index (χ4n) is 1.11. The average Bonchev–Trinajstić information content (AvgIpc) is 2.35. The van der Waals surface area contributed by atoms with Gasteiger partial charge in [-0.25, -0.2) is 13.8 Å². The minimum Gasteiger partial charge on any atom is -0.370 e. The van der Waals surface area contributed by atoms with Gasteiger partial charge >= 0.3 is 0 Å². The van der Waals surface area contributed by atoms with Crippen molar-refractivity contribution in [2.75, 3.05) is 18.4 Å². The third kappa shape index (κ3) is 8.30. The number of aliphatic imine (C=N–C) groups is 1. The van der Waals surface area contributed by atoms with Gasteiger partial charge < -0.3 is 16.4 Å². The summed E-state index contributed by atoms with van der Waals surface area (Å²) in [6.45, 7) is -0.973. The molecule has 0 aliphatic heterocycles. The summed E-state index contributed by atoms with van der Waals surface area (Å²) in [7, 11) is 0. The summed E-state index contributed by atoms with van der Waals surface area (Å²) in [6, 6.07) is 9.02. The molecule has 5 nitrogen and oxygen atoms in total. The lowest BCUT2D eigenvalue weighted by molar-refractivity contribution is -0.120. The lowest BCUT2D eigenvalue weighted by Crippen LogP contribution is -2.32. The number of carbonyl (C=O) groups excluding carboxylic acids is 1. The van der Waals surface area contributed by atoms with Gasteiger partial charge in [0.25, 0.3) is 6.43 Å². The van der Waals surface area contributed by atoms with E-state index in [0.717, 1.165) is 5.69 Å². The number of para-hydroxylation sites is 1. The molecule has 1 amide bonds. The molecule has 1 rings (SSSR count). The second-order valence-corrected chi connectivity index (χ2v) is 3.39. The van der Waals surface area contributed by atoms with Crippen LogP contribution < -0.4 is 16.4 Å². The predicted molar refractivity (Wildman–Crippen MR) is 81.0 cm³/mol. The van der Waals surface area contributed by atoms with E-state index in [1.165, 1.54) is 0 Å². The van der Waals surface area contributed by atoms with Crippen molar-refractivity contribution in [2.45, 2.75) is 6.43 Å². The van der Waals surface area contributed by atoms with E-state index in [0.29, 0.717) is 0 Å². The van der Waals surface area contributed by atoms with Gasteiger partial charge in [-0.1, -0.05) is 18.2 Å². The summed E-state index contributed by atoms with van der Waals surface area (Å²) in [5.41, 5.74) is 6.25. The molecule has 8 heteroatoms. The standard InChI is InChI=1S/C11H14F2N4O.HI/c12-9(13)6-15-10(18)7-16-11(14)17-8-4-2-1-3-5-8;/h1-5,9H,6-7H2,(H,15,18)(H3,14,16,17);1H. The Morgan fingerprint density at radius 1 is 1.32 bits per heavy atom. The minimum atomic E-state index is -2.57. The Labute approximate surface area is 126 Å². The largest absolute Gasteiger partial charge is 0.370 e. The monoisotopic (exact) mass is 384 g/mol. The number of nitrogens with zero attached hydrogens (tertiary/aromatic N) is 1. The van der Waals surface area contributed by atoms with E-state index in [-0.39, 0.29) is 36.5 Å². The van der Waals surface area contributed by atoms with Crippen LogP contribution >= 0.6 is 24.0 Å². The average molecular weight is 384 g/mol. The molecule has 106 valence electrons. The number of nitrogens with one attached hydrogen (secondary N) is 2. The predicted octanol–water partition coefficient (Wildman–Crippen LogP) is 1.41. The Bertz CT molecular complexity index is 414. The molecule has 0 heterocycles. The molecule has 0 unspecified atom stereocenters. The first-order valence-corrected chi connectivity index (χ1v) is 5.25. The normalized spacial score (nSPS) is 10.8. The van der Waals surface area contributed by atoms with Crippen LogP contribution in [0.2, 0.25) is 0 Å². The van der Waals surface area contributed by atoms with Crippen LogP contribution in [-0.2, 0) is 4.79 Å². The maximum Gasteiger partial charge on any atom is 0.255 e. The van der Waals surface area contributed by atoms with Crippen molar-refractivity contribution in [1.82, 2.24) is 5.32 Å². The van der Waals surface area contributed by atoms with Gasteiger partial charge in [-0.3, -0.25) is 4.79 Å². The molecule has 1 aromatic rings. The van der Waals surface area contributed by atoms with Crippen molar-refractivity contribution in [3.05, 3.63) is 30.3 Å². The zero-order valence-electron chi connectivity index (χ0n) is 9.98. The van der Waals surface area contributed by atoms with Crippen molar-refractivity contribution in [2.24, 2.45) is 10.7 Å². The number of amides is 1. The third-order valence-corrected chi connectivity index (χ3v) is 1.89. The van der Waals surface area contributed by atoms with Gasteiger partial charge in [-0.15, -0.1) is 24.0 Å². The molecular formula is C11H15F2IN4O. The molecule has 0 aliphatic carbocycles. The minimum absolute atomic E-state index is 0. The van der Waals surface area contributed by atoms with Crippen LogP contribution in [0.15, 0.2) is 35.3 Å². The van der Waals surface area contributed by atoms with Gasteiger partial charge in [0.1, 0.15) is 6.54 Å². The van der Waals surface area contributed by atoms with E-state index in [1.807, 2.05) is 23.5 Å². The van der Waals surface area contributed by atoms with E-state index in [2.05, 4.69) is 10.3 Å². The lowest BCUT2D eigenvalue weighted by atomic mass is 10.3. The van der Waals surface area contributed by atoms with Crippen LogP contribution in [0.5, 0.6) is 0 Å². The van der Waals surface area contributed by atoms with Crippen molar-refractivity contribution < 1.29 is 13.6 Å². The van der Waals surface area contributed by atoms with E-state index in [4.69, 9.17) is 5.73 Å². The molecule has 1 aromatic carbocycles. The smallest absolute Gasteiger partial charge is 0.255 e. The van der Waals surface area contributed by atoms with Gasteiger partial charge in [0.15, 0.2) is 5.96 Å². The summed E-state index contributed by atoms with van der Waals surface area (Å²) in [5.74, 6) is -0.554. The van der Waals surface area contributed by atoms with E-state index in [1.54, 1.807) is 12.1 Å². The zero-order chi connectivity index (χ0) is 13.4. The fraction of sp³-hybridized carbons (Fsp3) is 0.273. The van der Waals surface area contributed by atoms with E-state index < -0.39 is 18.9 Å². The van der Waals surface area contributed by atoms with E-state index >= 15 is 0 Å². The quantitative estimate of drug-likeness (QED) is 0.408. The van der Waals surface area contributed by atoms with Gasteiger partial charge in [0, 0.05) is 5.69 Å². The number of carbonyl (C=O) groups is 1. The second-order valence-electron chi connectivity index (χ2n) is 3.39. The summed E-state index contributed by atoms with van der Waals surface area (Å²) in [5, 5.41) is 4.78. The molecule has 0 aromatic heterocycles. The van der Waals surface area contributed by atoms with Crippen molar-refractivity contribution in [3.8, 4) is 0 Å². The van der Waals surface area contributed by atoms with Gasteiger partial charge in [-0.05, 0) is 12.1 Å². The molecule has 19 heavy (non-hydrogen) atoms. The summed E-state index contributed by atoms with van der Waals surface area (Å²) < 4.78 is 23.6. The van der Waals surface area contributed by atoms with Crippen LogP contribution in [0.25, 0.3) is 0 Å². The molecule has 0 bridgehead atoms. The highest BCUT2D eigenvalue weighted by molar-refractivity contribution is 14.0. The lowest BCUT2D eigenvalue weighted by Gasteiger charge is -2.05. The Morgan fingerprint density at radius 3 is 2.53 bits per heavy atom. The number of hydrogen-bond acceptors (Lipinski definition) is 2. The number of guanidine groups is 1. The van der Waals surface area contributed by atoms with Crippen LogP contribution in [0.4, 0.5) is 14.5 Å². The molecule has 0 fully saturated rings. The Morgan fingerprint density at radius 2 is 1.95 bits per heavy atom. The van der Waals surface area contributed by atoms with Crippen LogP contribution in [0.1, 0.15) is 0 Å². The molecule has 0 saturated carbocycles. The van der Waals surface area contributed by atoms with Crippen LogP contribution in [0, 0.1) is 0 Å². The van der Waals surface area contributed by atoms with Gasteiger partial charge in [0.05, 0.1) is 6.54 Å². The van der Waals surface area contributed by atoms with Crippen molar-refractivity contribution in [1.29, 1.82) is 0 Å². The SMILES string of the molecule is I.NC(=NCC(=O)NCC(F)F)Nc1ccccc1. The highest BCUT2D eigenvalue weighted by Gasteiger charge is 2.05. The number of anilines is 1. The van der Waals surface area contributed by atoms with Crippen molar-refractivity contribution >= 4 is 41.5 Å². The highest BCUT2D eigenvalue weighted by Crippen LogP contribution is 2.03.